The Morgan fingerprint density at radius 2 is 2.00 bits per heavy atom. The molecule has 0 bridgehead atoms. The van der Waals surface area contributed by atoms with Crippen molar-refractivity contribution in [1.82, 2.24) is 15.1 Å². The van der Waals surface area contributed by atoms with E-state index in [0.29, 0.717) is 0 Å². The third-order valence-corrected chi connectivity index (χ3v) is 3.18. The molecule has 2 heterocycles. The van der Waals surface area contributed by atoms with Gasteiger partial charge in [-0.3, -0.25) is 4.90 Å². The van der Waals surface area contributed by atoms with Crippen molar-refractivity contribution in [1.29, 1.82) is 0 Å². The highest BCUT2D eigenvalue weighted by molar-refractivity contribution is 5.78. The van der Waals surface area contributed by atoms with E-state index < -0.39 is 0 Å². The molecule has 1 saturated heterocycles. The van der Waals surface area contributed by atoms with Gasteiger partial charge < -0.3 is 0 Å². The maximum absolute atomic E-state index is 4.09. The van der Waals surface area contributed by atoms with Crippen LogP contribution in [0.5, 0.6) is 0 Å². The van der Waals surface area contributed by atoms with Crippen molar-refractivity contribution < 1.29 is 0 Å². The summed E-state index contributed by atoms with van der Waals surface area (Å²) in [6.07, 6.45) is 4.44. The monoisotopic (exact) mass is 213 g/mol. The molecular weight excluding hydrogens is 198 g/mol. The van der Waals surface area contributed by atoms with E-state index >= 15 is 0 Å². The van der Waals surface area contributed by atoms with E-state index in [1.807, 2.05) is 6.07 Å². The molecule has 0 atom stereocenters. The summed E-state index contributed by atoms with van der Waals surface area (Å²) in [7, 11) is 0. The maximum atomic E-state index is 4.09. The van der Waals surface area contributed by atoms with Crippen molar-refractivity contribution in [2.24, 2.45) is 0 Å². The summed E-state index contributed by atoms with van der Waals surface area (Å²) in [5.41, 5.74) is 2.36. The van der Waals surface area contributed by atoms with Gasteiger partial charge in [-0.1, -0.05) is 6.07 Å². The molecule has 1 fully saturated rings. The van der Waals surface area contributed by atoms with Crippen LogP contribution in [-0.4, -0.2) is 28.2 Å². The van der Waals surface area contributed by atoms with Gasteiger partial charge in [0.15, 0.2) is 0 Å². The first kappa shape index (κ1) is 9.73. The summed E-state index contributed by atoms with van der Waals surface area (Å²) in [6.45, 7) is 3.55. The molecule has 0 amide bonds. The van der Waals surface area contributed by atoms with Crippen LogP contribution in [0.2, 0.25) is 0 Å². The molecule has 1 aromatic carbocycles. The summed E-state index contributed by atoms with van der Waals surface area (Å²) >= 11 is 0. The molecule has 1 aliphatic rings. The van der Waals surface area contributed by atoms with E-state index in [0.717, 1.165) is 12.1 Å². The highest BCUT2D eigenvalue weighted by Gasteiger charge is 2.11. The molecule has 82 valence electrons. The molecule has 0 unspecified atom stereocenters. The second-order valence-corrected chi connectivity index (χ2v) is 4.41. The molecular formula is C13H15N3. The SMILES string of the molecule is c1cc2cc(CN3CCCC3)ccc2nn1. The van der Waals surface area contributed by atoms with Crippen LogP contribution in [0.4, 0.5) is 0 Å². The third-order valence-electron chi connectivity index (χ3n) is 3.18. The minimum absolute atomic E-state index is 0.979. The highest BCUT2D eigenvalue weighted by atomic mass is 15.1. The quantitative estimate of drug-likeness (QED) is 0.766. The van der Waals surface area contributed by atoms with Crippen LogP contribution in [-0.2, 0) is 6.54 Å². The van der Waals surface area contributed by atoms with Crippen LogP contribution in [0, 0.1) is 0 Å². The van der Waals surface area contributed by atoms with Gasteiger partial charge >= 0.3 is 0 Å². The number of likely N-dealkylation sites (tertiary alicyclic amines) is 1. The lowest BCUT2D eigenvalue weighted by molar-refractivity contribution is 0.331. The first-order valence-corrected chi connectivity index (χ1v) is 5.84. The van der Waals surface area contributed by atoms with Gasteiger partial charge in [-0.2, -0.15) is 10.2 Å². The van der Waals surface area contributed by atoms with Gasteiger partial charge in [0.25, 0.3) is 0 Å². The van der Waals surface area contributed by atoms with Crippen LogP contribution < -0.4 is 0 Å². The Labute approximate surface area is 95.1 Å². The molecule has 3 rings (SSSR count). The minimum atomic E-state index is 0.979. The van der Waals surface area contributed by atoms with E-state index in [2.05, 4.69) is 33.3 Å². The molecule has 3 heteroatoms. The first-order valence-electron chi connectivity index (χ1n) is 5.84. The number of hydrogen-bond acceptors (Lipinski definition) is 3. The zero-order chi connectivity index (χ0) is 10.8. The maximum Gasteiger partial charge on any atom is 0.0929 e. The van der Waals surface area contributed by atoms with Crippen molar-refractivity contribution in [3.05, 3.63) is 36.0 Å². The number of hydrogen-bond donors (Lipinski definition) is 0. The fourth-order valence-electron chi connectivity index (χ4n) is 2.34. The van der Waals surface area contributed by atoms with Crippen LogP contribution in [0.15, 0.2) is 30.5 Å². The van der Waals surface area contributed by atoms with Gasteiger partial charge in [0.05, 0.1) is 11.7 Å². The summed E-state index contributed by atoms with van der Waals surface area (Å²) in [6, 6.07) is 8.47. The van der Waals surface area contributed by atoms with Crippen molar-refractivity contribution in [3.63, 3.8) is 0 Å². The van der Waals surface area contributed by atoms with Gasteiger partial charge in [0.1, 0.15) is 0 Å². The molecule has 1 aromatic heterocycles. The molecule has 0 aliphatic carbocycles. The lowest BCUT2D eigenvalue weighted by atomic mass is 10.1. The van der Waals surface area contributed by atoms with Gasteiger partial charge in [0.2, 0.25) is 0 Å². The molecule has 2 aromatic rings. The summed E-state index contributed by atoms with van der Waals surface area (Å²) in [5, 5.41) is 9.16. The third kappa shape index (κ3) is 1.91. The van der Waals surface area contributed by atoms with E-state index in [-0.39, 0.29) is 0 Å². The van der Waals surface area contributed by atoms with Crippen LogP contribution >= 0.6 is 0 Å². The summed E-state index contributed by atoms with van der Waals surface area (Å²) < 4.78 is 0. The number of aromatic nitrogens is 2. The van der Waals surface area contributed by atoms with Gasteiger partial charge in [-0.05, 0) is 49.7 Å². The second-order valence-electron chi connectivity index (χ2n) is 4.41. The molecule has 0 radical (unpaired) electrons. The predicted molar refractivity (Wildman–Crippen MR) is 64.0 cm³/mol. The Hall–Kier alpha value is -1.48. The van der Waals surface area contributed by atoms with Gasteiger partial charge in [-0.15, -0.1) is 0 Å². The summed E-state index contributed by atoms with van der Waals surface area (Å²) in [4.78, 5) is 2.51. The molecule has 0 N–H and O–H groups in total. The normalized spacial score (nSPS) is 17.0. The van der Waals surface area contributed by atoms with E-state index in [4.69, 9.17) is 0 Å². The Kier molecular flexibility index (Phi) is 2.54. The lowest BCUT2D eigenvalue weighted by Crippen LogP contribution is -2.18. The Morgan fingerprint density at radius 3 is 2.88 bits per heavy atom. The van der Waals surface area contributed by atoms with Crippen LogP contribution in [0.25, 0.3) is 10.9 Å². The standard InChI is InChI=1S/C13H15N3/c1-2-8-16(7-1)10-11-3-4-13-12(9-11)5-6-14-15-13/h3-6,9H,1-2,7-8,10H2. The van der Waals surface area contributed by atoms with Crippen molar-refractivity contribution in [2.75, 3.05) is 13.1 Å². The fraction of sp³-hybridized carbons (Fsp3) is 0.385. The number of fused-ring (bicyclic) bond motifs is 1. The Morgan fingerprint density at radius 1 is 1.12 bits per heavy atom. The first-order chi connectivity index (χ1) is 7.92. The number of nitrogens with zero attached hydrogens (tertiary/aromatic N) is 3. The van der Waals surface area contributed by atoms with Crippen LogP contribution in [0.1, 0.15) is 18.4 Å². The smallest absolute Gasteiger partial charge is 0.0929 e. The van der Waals surface area contributed by atoms with Crippen molar-refractivity contribution in [2.45, 2.75) is 19.4 Å². The molecule has 1 aliphatic heterocycles. The van der Waals surface area contributed by atoms with Gasteiger partial charge in [-0.25, -0.2) is 0 Å². The minimum Gasteiger partial charge on any atom is -0.299 e. The zero-order valence-corrected chi connectivity index (χ0v) is 9.26. The lowest BCUT2D eigenvalue weighted by Gasteiger charge is -2.14. The number of benzene rings is 1. The molecule has 0 spiro atoms. The number of rotatable bonds is 2. The second kappa shape index (κ2) is 4.18. The van der Waals surface area contributed by atoms with Crippen molar-refractivity contribution in [3.8, 4) is 0 Å². The topological polar surface area (TPSA) is 29.0 Å². The average Bonchev–Trinajstić information content (AvgIpc) is 2.82. The molecule has 3 nitrogen and oxygen atoms in total. The Balaban J connectivity index is 1.86. The van der Waals surface area contributed by atoms with Crippen molar-refractivity contribution >= 4 is 10.9 Å². The fourth-order valence-corrected chi connectivity index (χ4v) is 2.34. The van der Waals surface area contributed by atoms with E-state index in [1.54, 1.807) is 6.20 Å². The zero-order valence-electron chi connectivity index (χ0n) is 9.26. The molecule has 0 saturated carbocycles. The van der Waals surface area contributed by atoms with Gasteiger partial charge in [0, 0.05) is 11.9 Å². The largest absolute Gasteiger partial charge is 0.299 e. The molecule has 16 heavy (non-hydrogen) atoms. The van der Waals surface area contributed by atoms with E-state index in [9.17, 15) is 0 Å². The average molecular weight is 213 g/mol. The predicted octanol–water partition coefficient (Wildman–Crippen LogP) is 2.23. The van der Waals surface area contributed by atoms with Crippen LogP contribution in [0.3, 0.4) is 0 Å². The summed E-state index contributed by atoms with van der Waals surface area (Å²) in [5.74, 6) is 0. The Bertz CT molecular complexity index is 489. The van der Waals surface area contributed by atoms with E-state index in [1.165, 1.54) is 36.9 Å². The highest BCUT2D eigenvalue weighted by Crippen LogP contribution is 2.16.